The number of halogens is 1. The van der Waals surface area contributed by atoms with Gasteiger partial charge in [-0.1, -0.05) is 18.2 Å². The van der Waals surface area contributed by atoms with E-state index < -0.39 is 0 Å². The zero-order chi connectivity index (χ0) is 16.8. The topological polar surface area (TPSA) is 33.2 Å². The van der Waals surface area contributed by atoms with E-state index in [9.17, 15) is 9.18 Å². The van der Waals surface area contributed by atoms with E-state index in [0.29, 0.717) is 24.3 Å². The van der Waals surface area contributed by atoms with E-state index in [1.54, 1.807) is 12.1 Å². The van der Waals surface area contributed by atoms with Crippen LogP contribution in [0.15, 0.2) is 48.8 Å². The van der Waals surface area contributed by atoms with Gasteiger partial charge in [-0.25, -0.2) is 4.39 Å². The molecule has 1 aromatic heterocycles. The lowest BCUT2D eigenvalue weighted by Gasteiger charge is -2.32. The summed E-state index contributed by atoms with van der Waals surface area (Å²) in [5.41, 5.74) is 1.94. The zero-order valence-corrected chi connectivity index (χ0v) is 13.8. The van der Waals surface area contributed by atoms with E-state index in [1.165, 1.54) is 11.6 Å². The Bertz CT molecular complexity index is 666. The van der Waals surface area contributed by atoms with Crippen LogP contribution in [-0.2, 0) is 17.6 Å². The van der Waals surface area contributed by atoms with Gasteiger partial charge in [0.25, 0.3) is 0 Å². The molecular weight excluding hydrogens is 303 g/mol. The Kier molecular flexibility index (Phi) is 5.57. The zero-order valence-electron chi connectivity index (χ0n) is 13.8. The number of rotatable bonds is 5. The maximum absolute atomic E-state index is 13.6. The Balaban J connectivity index is 1.44. The first-order chi connectivity index (χ1) is 11.7. The molecule has 0 saturated carbocycles. The SMILES string of the molecule is O=C(CCc1ccccc1F)N1CCC(Cc2ccncc2)CC1. The molecule has 3 nitrogen and oxygen atoms in total. The van der Waals surface area contributed by atoms with Crippen molar-refractivity contribution in [2.24, 2.45) is 5.92 Å². The summed E-state index contributed by atoms with van der Waals surface area (Å²) in [6, 6.07) is 10.8. The molecule has 3 rings (SSSR count). The summed E-state index contributed by atoms with van der Waals surface area (Å²) >= 11 is 0. The minimum Gasteiger partial charge on any atom is -0.343 e. The van der Waals surface area contributed by atoms with Crippen molar-refractivity contribution in [3.05, 3.63) is 65.7 Å². The minimum absolute atomic E-state index is 0.139. The Morgan fingerprint density at radius 3 is 2.54 bits per heavy atom. The van der Waals surface area contributed by atoms with Crippen LogP contribution in [0.1, 0.15) is 30.4 Å². The van der Waals surface area contributed by atoms with Gasteiger partial charge < -0.3 is 4.90 Å². The third-order valence-corrected chi connectivity index (χ3v) is 4.81. The average Bonchev–Trinajstić information content (AvgIpc) is 2.62. The predicted octanol–water partition coefficient (Wildman–Crippen LogP) is 3.63. The summed E-state index contributed by atoms with van der Waals surface area (Å²) in [5.74, 6) is 0.546. The van der Waals surface area contributed by atoms with Gasteiger partial charge >= 0.3 is 0 Å². The molecule has 1 fully saturated rings. The highest BCUT2D eigenvalue weighted by Crippen LogP contribution is 2.22. The van der Waals surface area contributed by atoms with Gasteiger partial charge in [0, 0.05) is 31.9 Å². The fraction of sp³-hybridized carbons (Fsp3) is 0.400. The van der Waals surface area contributed by atoms with Crippen LogP contribution in [0.3, 0.4) is 0 Å². The summed E-state index contributed by atoms with van der Waals surface area (Å²) in [6.07, 6.45) is 7.65. The lowest BCUT2D eigenvalue weighted by molar-refractivity contribution is -0.132. The van der Waals surface area contributed by atoms with E-state index in [-0.39, 0.29) is 11.7 Å². The Morgan fingerprint density at radius 1 is 1.12 bits per heavy atom. The predicted molar refractivity (Wildman–Crippen MR) is 92.0 cm³/mol. The molecule has 126 valence electrons. The quantitative estimate of drug-likeness (QED) is 0.840. The first-order valence-corrected chi connectivity index (χ1v) is 8.62. The second-order valence-electron chi connectivity index (χ2n) is 6.48. The highest BCUT2D eigenvalue weighted by atomic mass is 19.1. The van der Waals surface area contributed by atoms with Crippen LogP contribution >= 0.6 is 0 Å². The molecule has 0 spiro atoms. The molecule has 24 heavy (non-hydrogen) atoms. The molecule has 1 saturated heterocycles. The lowest BCUT2D eigenvalue weighted by atomic mass is 9.90. The van der Waals surface area contributed by atoms with Crippen molar-refractivity contribution < 1.29 is 9.18 Å². The van der Waals surface area contributed by atoms with Gasteiger partial charge in [0.2, 0.25) is 5.91 Å². The fourth-order valence-corrected chi connectivity index (χ4v) is 3.34. The molecule has 1 aliphatic rings. The molecule has 0 aliphatic carbocycles. The molecule has 0 bridgehead atoms. The summed E-state index contributed by atoms with van der Waals surface area (Å²) in [6.45, 7) is 1.62. The van der Waals surface area contributed by atoms with Crippen LogP contribution < -0.4 is 0 Å². The van der Waals surface area contributed by atoms with Crippen molar-refractivity contribution in [1.82, 2.24) is 9.88 Å². The molecule has 1 amide bonds. The Labute approximate surface area is 142 Å². The second-order valence-corrected chi connectivity index (χ2v) is 6.48. The summed E-state index contributed by atoms with van der Waals surface area (Å²) in [7, 11) is 0. The number of amides is 1. The first kappa shape index (κ1) is 16.6. The van der Waals surface area contributed by atoms with E-state index in [1.807, 2.05) is 23.4 Å². The van der Waals surface area contributed by atoms with Crippen molar-refractivity contribution in [3.63, 3.8) is 0 Å². The van der Waals surface area contributed by atoms with Crippen molar-refractivity contribution >= 4 is 5.91 Å². The van der Waals surface area contributed by atoms with Crippen molar-refractivity contribution in [3.8, 4) is 0 Å². The number of carbonyl (C=O) groups is 1. The maximum atomic E-state index is 13.6. The monoisotopic (exact) mass is 326 g/mol. The number of benzene rings is 1. The van der Waals surface area contributed by atoms with Crippen LogP contribution in [-0.4, -0.2) is 28.9 Å². The van der Waals surface area contributed by atoms with Gasteiger partial charge in [-0.05, 0) is 60.9 Å². The number of likely N-dealkylation sites (tertiary alicyclic amines) is 1. The third-order valence-electron chi connectivity index (χ3n) is 4.81. The van der Waals surface area contributed by atoms with Crippen LogP contribution in [0.5, 0.6) is 0 Å². The van der Waals surface area contributed by atoms with E-state index in [0.717, 1.165) is 32.4 Å². The number of aryl methyl sites for hydroxylation is 1. The molecule has 0 radical (unpaired) electrons. The highest BCUT2D eigenvalue weighted by molar-refractivity contribution is 5.76. The maximum Gasteiger partial charge on any atom is 0.222 e. The van der Waals surface area contributed by atoms with Gasteiger partial charge in [-0.2, -0.15) is 0 Å². The fourth-order valence-electron chi connectivity index (χ4n) is 3.34. The van der Waals surface area contributed by atoms with Crippen LogP contribution in [0.4, 0.5) is 4.39 Å². The molecule has 0 N–H and O–H groups in total. The average molecular weight is 326 g/mol. The highest BCUT2D eigenvalue weighted by Gasteiger charge is 2.22. The Morgan fingerprint density at radius 2 is 1.83 bits per heavy atom. The van der Waals surface area contributed by atoms with Gasteiger partial charge in [0.15, 0.2) is 0 Å². The van der Waals surface area contributed by atoms with E-state index >= 15 is 0 Å². The normalized spacial score (nSPS) is 15.5. The molecule has 2 aromatic rings. The molecule has 1 aromatic carbocycles. The molecule has 4 heteroatoms. The van der Waals surface area contributed by atoms with Gasteiger partial charge in [0.05, 0.1) is 0 Å². The van der Waals surface area contributed by atoms with Gasteiger partial charge in [-0.3, -0.25) is 9.78 Å². The first-order valence-electron chi connectivity index (χ1n) is 8.62. The largest absolute Gasteiger partial charge is 0.343 e. The van der Waals surface area contributed by atoms with E-state index in [4.69, 9.17) is 0 Å². The molecule has 0 unspecified atom stereocenters. The third kappa shape index (κ3) is 4.40. The minimum atomic E-state index is -0.221. The number of hydrogen-bond donors (Lipinski definition) is 0. The summed E-state index contributed by atoms with van der Waals surface area (Å²) in [5, 5.41) is 0. The molecule has 1 aliphatic heterocycles. The van der Waals surface area contributed by atoms with Crippen LogP contribution in [0, 0.1) is 11.7 Å². The summed E-state index contributed by atoms with van der Waals surface area (Å²) < 4.78 is 13.6. The Hall–Kier alpha value is -2.23. The number of aromatic nitrogens is 1. The number of piperidine rings is 1. The second kappa shape index (κ2) is 8.04. The smallest absolute Gasteiger partial charge is 0.222 e. The number of pyridine rings is 1. The van der Waals surface area contributed by atoms with Crippen molar-refractivity contribution in [2.75, 3.05) is 13.1 Å². The number of nitrogens with zero attached hydrogens (tertiary/aromatic N) is 2. The van der Waals surface area contributed by atoms with E-state index in [2.05, 4.69) is 17.1 Å². The molecule has 0 atom stereocenters. The number of hydrogen-bond acceptors (Lipinski definition) is 2. The van der Waals surface area contributed by atoms with Gasteiger partial charge in [-0.15, -0.1) is 0 Å². The van der Waals surface area contributed by atoms with Crippen molar-refractivity contribution in [2.45, 2.75) is 32.1 Å². The standard InChI is InChI=1S/C20H23FN2O/c21-19-4-2-1-3-18(19)5-6-20(24)23-13-9-17(10-14-23)15-16-7-11-22-12-8-16/h1-4,7-8,11-12,17H,5-6,9-10,13-15H2. The van der Waals surface area contributed by atoms with Crippen molar-refractivity contribution in [1.29, 1.82) is 0 Å². The number of carbonyl (C=O) groups excluding carboxylic acids is 1. The molecular formula is C20H23FN2O. The van der Waals surface area contributed by atoms with Crippen LogP contribution in [0.25, 0.3) is 0 Å². The molecule has 2 heterocycles. The lowest BCUT2D eigenvalue weighted by Crippen LogP contribution is -2.39. The van der Waals surface area contributed by atoms with Crippen LogP contribution in [0.2, 0.25) is 0 Å². The summed E-state index contributed by atoms with van der Waals surface area (Å²) in [4.78, 5) is 18.3. The van der Waals surface area contributed by atoms with Gasteiger partial charge in [0.1, 0.15) is 5.82 Å².